The Morgan fingerprint density at radius 1 is 1.18 bits per heavy atom. The maximum Gasteiger partial charge on any atom is 0.234 e. The number of nitrogens with zero attached hydrogens (tertiary/aromatic N) is 2. The monoisotopic (exact) mass is 446 g/mol. The number of aromatic nitrogens is 1. The maximum atomic E-state index is 12.2. The molecule has 0 radical (unpaired) electrons. The smallest absolute Gasteiger partial charge is 0.234 e. The molecule has 0 bridgehead atoms. The number of nitrogens with one attached hydrogen (secondary N) is 2. The van der Waals surface area contributed by atoms with E-state index in [1.165, 1.54) is 0 Å². The second-order valence-corrected chi connectivity index (χ2v) is 8.68. The molecule has 0 atom stereocenters. The Hall–Kier alpha value is -1.99. The van der Waals surface area contributed by atoms with Crippen LogP contribution in [-0.2, 0) is 4.79 Å². The molecule has 1 aromatic heterocycles. The van der Waals surface area contributed by atoms with Crippen LogP contribution < -0.4 is 10.6 Å². The van der Waals surface area contributed by atoms with Gasteiger partial charge in [-0.2, -0.15) is 0 Å². The Morgan fingerprint density at radius 2 is 1.86 bits per heavy atom. The van der Waals surface area contributed by atoms with Gasteiger partial charge in [-0.1, -0.05) is 15.9 Å². The van der Waals surface area contributed by atoms with E-state index in [0.29, 0.717) is 12.1 Å². The van der Waals surface area contributed by atoms with Crippen molar-refractivity contribution >= 4 is 44.2 Å². The Kier molecular flexibility index (Phi) is 6.67. The standard InChI is InChI=1S/C21H27BrN4O2/c1-13(27)18-11-23-19-9-4-14(22)10-17(19)21(18)25-16-7-5-15(6-8-16)24-20(28)12-26(2)3/h4,9-11,15-16H,5-8,12H2,1-3H3,(H,23,25)(H,24,28). The second-order valence-electron chi connectivity index (χ2n) is 7.76. The van der Waals surface area contributed by atoms with E-state index < -0.39 is 0 Å². The molecule has 0 saturated heterocycles. The van der Waals surface area contributed by atoms with Gasteiger partial charge >= 0.3 is 0 Å². The molecule has 0 unspecified atom stereocenters. The number of Topliss-reactive ketones (excluding diaryl/α,β-unsaturated/α-hetero) is 1. The summed E-state index contributed by atoms with van der Waals surface area (Å²) < 4.78 is 0.956. The number of hydrogen-bond donors (Lipinski definition) is 2. The summed E-state index contributed by atoms with van der Waals surface area (Å²) in [5.41, 5.74) is 2.34. The summed E-state index contributed by atoms with van der Waals surface area (Å²) in [6.45, 7) is 1.99. The second kappa shape index (κ2) is 9.01. The third-order valence-corrected chi connectivity index (χ3v) is 5.60. The summed E-state index contributed by atoms with van der Waals surface area (Å²) in [7, 11) is 3.79. The van der Waals surface area contributed by atoms with Crippen LogP contribution in [0, 0.1) is 0 Å². The topological polar surface area (TPSA) is 74.3 Å². The number of likely N-dealkylation sites (N-methyl/N-ethyl adjacent to an activating group) is 1. The van der Waals surface area contributed by atoms with Crippen LogP contribution in [0.15, 0.2) is 28.9 Å². The number of ketones is 1. The summed E-state index contributed by atoms with van der Waals surface area (Å²) >= 11 is 3.52. The highest BCUT2D eigenvalue weighted by Crippen LogP contribution is 2.31. The number of amides is 1. The van der Waals surface area contributed by atoms with Crippen LogP contribution in [-0.4, -0.2) is 54.3 Å². The van der Waals surface area contributed by atoms with E-state index in [9.17, 15) is 9.59 Å². The average molecular weight is 447 g/mol. The Balaban J connectivity index is 1.72. The van der Waals surface area contributed by atoms with E-state index in [4.69, 9.17) is 0 Å². The fourth-order valence-electron chi connectivity index (χ4n) is 3.73. The quantitative estimate of drug-likeness (QED) is 0.662. The molecule has 1 amide bonds. The van der Waals surface area contributed by atoms with E-state index >= 15 is 0 Å². The SMILES string of the molecule is CC(=O)c1cnc2ccc(Br)cc2c1NC1CCC(NC(=O)CN(C)C)CC1. The van der Waals surface area contributed by atoms with Crippen LogP contribution in [0.2, 0.25) is 0 Å². The van der Waals surface area contributed by atoms with E-state index in [2.05, 4.69) is 31.5 Å². The lowest BCUT2D eigenvalue weighted by Gasteiger charge is -2.31. The van der Waals surface area contributed by atoms with Crippen LogP contribution in [0.3, 0.4) is 0 Å². The number of carbonyl (C=O) groups is 2. The number of anilines is 1. The number of carbonyl (C=O) groups excluding carboxylic acids is 2. The zero-order chi connectivity index (χ0) is 20.3. The average Bonchev–Trinajstić information content (AvgIpc) is 2.62. The zero-order valence-corrected chi connectivity index (χ0v) is 18.2. The zero-order valence-electron chi connectivity index (χ0n) is 16.6. The van der Waals surface area contributed by atoms with Gasteiger partial charge in [-0.3, -0.25) is 14.6 Å². The van der Waals surface area contributed by atoms with Crippen molar-refractivity contribution in [2.45, 2.75) is 44.7 Å². The van der Waals surface area contributed by atoms with Crippen molar-refractivity contribution in [2.75, 3.05) is 26.0 Å². The molecule has 1 aromatic carbocycles. The minimum Gasteiger partial charge on any atom is -0.381 e. The van der Waals surface area contributed by atoms with Gasteiger partial charge in [-0.05, 0) is 64.9 Å². The first-order chi connectivity index (χ1) is 13.3. The van der Waals surface area contributed by atoms with Gasteiger partial charge in [0.1, 0.15) is 0 Å². The predicted octanol–water partition coefficient (Wildman–Crippen LogP) is 3.60. The lowest BCUT2D eigenvalue weighted by Crippen LogP contribution is -2.43. The van der Waals surface area contributed by atoms with E-state index in [1.54, 1.807) is 13.1 Å². The molecular weight excluding hydrogens is 420 g/mol. The molecule has 2 N–H and O–H groups in total. The first-order valence-electron chi connectivity index (χ1n) is 9.63. The van der Waals surface area contributed by atoms with Crippen molar-refractivity contribution in [3.8, 4) is 0 Å². The van der Waals surface area contributed by atoms with Gasteiger partial charge in [0.25, 0.3) is 0 Å². The lowest BCUT2D eigenvalue weighted by atomic mass is 9.90. The molecule has 0 aliphatic heterocycles. The van der Waals surface area contributed by atoms with E-state index in [0.717, 1.165) is 46.7 Å². The van der Waals surface area contributed by atoms with Crippen LogP contribution in [0.25, 0.3) is 10.9 Å². The highest BCUT2D eigenvalue weighted by Gasteiger charge is 2.24. The minimum absolute atomic E-state index is 0.00140. The molecule has 150 valence electrons. The highest BCUT2D eigenvalue weighted by atomic mass is 79.9. The number of fused-ring (bicyclic) bond motifs is 1. The third-order valence-electron chi connectivity index (χ3n) is 5.11. The van der Waals surface area contributed by atoms with E-state index in [-0.39, 0.29) is 23.8 Å². The Labute approximate surface area is 174 Å². The van der Waals surface area contributed by atoms with Crippen LogP contribution >= 0.6 is 15.9 Å². The summed E-state index contributed by atoms with van der Waals surface area (Å²) in [4.78, 5) is 30.4. The van der Waals surface area contributed by atoms with Crippen molar-refractivity contribution in [1.29, 1.82) is 0 Å². The van der Waals surface area contributed by atoms with E-state index in [1.807, 2.05) is 37.2 Å². The van der Waals surface area contributed by atoms with Crippen molar-refractivity contribution in [2.24, 2.45) is 0 Å². The largest absolute Gasteiger partial charge is 0.381 e. The van der Waals surface area contributed by atoms with Gasteiger partial charge in [0, 0.05) is 28.1 Å². The molecule has 0 spiro atoms. The maximum absolute atomic E-state index is 12.2. The molecular formula is C21H27BrN4O2. The van der Waals surface area contributed by atoms with Gasteiger partial charge < -0.3 is 15.5 Å². The van der Waals surface area contributed by atoms with Gasteiger partial charge in [0.2, 0.25) is 5.91 Å². The molecule has 1 saturated carbocycles. The number of halogens is 1. The third kappa shape index (κ3) is 5.08. The van der Waals surface area contributed by atoms with Gasteiger partial charge in [0.15, 0.2) is 5.78 Å². The number of rotatable bonds is 6. The minimum atomic E-state index is 0.00140. The molecule has 2 aromatic rings. The Bertz CT molecular complexity index is 876. The molecule has 1 aliphatic carbocycles. The van der Waals surface area contributed by atoms with Gasteiger partial charge in [-0.15, -0.1) is 0 Å². The summed E-state index contributed by atoms with van der Waals surface area (Å²) in [6.07, 6.45) is 5.41. The molecule has 7 heteroatoms. The highest BCUT2D eigenvalue weighted by molar-refractivity contribution is 9.10. The first-order valence-corrected chi connectivity index (χ1v) is 10.4. The number of benzene rings is 1. The fourth-order valence-corrected chi connectivity index (χ4v) is 4.10. The predicted molar refractivity (Wildman–Crippen MR) is 116 cm³/mol. The number of hydrogen-bond acceptors (Lipinski definition) is 5. The summed E-state index contributed by atoms with van der Waals surface area (Å²) in [5.74, 6) is 0.0757. The van der Waals surface area contributed by atoms with Crippen LogP contribution in [0.5, 0.6) is 0 Å². The normalized spacial score (nSPS) is 19.6. The van der Waals surface area contributed by atoms with Crippen molar-refractivity contribution in [3.05, 3.63) is 34.4 Å². The number of pyridine rings is 1. The van der Waals surface area contributed by atoms with Crippen molar-refractivity contribution in [1.82, 2.24) is 15.2 Å². The molecule has 3 rings (SSSR count). The summed E-state index contributed by atoms with van der Waals surface area (Å²) in [6, 6.07) is 6.40. The van der Waals surface area contributed by atoms with Crippen molar-refractivity contribution < 1.29 is 9.59 Å². The lowest BCUT2D eigenvalue weighted by molar-refractivity contribution is -0.122. The van der Waals surface area contributed by atoms with Gasteiger partial charge in [-0.25, -0.2) is 0 Å². The molecule has 1 aliphatic rings. The first kappa shape index (κ1) is 20.7. The molecule has 1 heterocycles. The summed E-state index contributed by atoms with van der Waals surface area (Å²) in [5, 5.41) is 7.67. The molecule has 28 heavy (non-hydrogen) atoms. The van der Waals surface area contributed by atoms with Crippen LogP contribution in [0.1, 0.15) is 43.0 Å². The van der Waals surface area contributed by atoms with Gasteiger partial charge in [0.05, 0.1) is 23.3 Å². The molecule has 6 nitrogen and oxygen atoms in total. The molecule has 1 fully saturated rings. The van der Waals surface area contributed by atoms with Crippen LogP contribution in [0.4, 0.5) is 5.69 Å². The fraction of sp³-hybridized carbons (Fsp3) is 0.476. The van der Waals surface area contributed by atoms with Crippen molar-refractivity contribution in [3.63, 3.8) is 0 Å². The Morgan fingerprint density at radius 3 is 2.50 bits per heavy atom.